The number of nitrogens with one attached hydrogen (secondary N) is 1. The van der Waals surface area contributed by atoms with Crippen molar-refractivity contribution in [1.82, 2.24) is 10.2 Å². The fraction of sp³-hybridized carbons (Fsp3) is 0.875. The van der Waals surface area contributed by atoms with Crippen molar-refractivity contribution in [3.8, 4) is 0 Å². The van der Waals surface area contributed by atoms with E-state index in [0.29, 0.717) is 6.04 Å². The summed E-state index contributed by atoms with van der Waals surface area (Å²) >= 11 is 0. The van der Waals surface area contributed by atoms with Crippen molar-refractivity contribution in [1.29, 1.82) is 0 Å². The second kappa shape index (κ2) is 3.60. The van der Waals surface area contributed by atoms with Crippen LogP contribution in [0.2, 0.25) is 0 Å². The van der Waals surface area contributed by atoms with Crippen LogP contribution in [0.15, 0.2) is 0 Å². The molecule has 3 heteroatoms. The first-order chi connectivity index (χ1) is 5.29. The second-order valence-electron chi connectivity index (χ2n) is 2.93. The Morgan fingerprint density at radius 1 is 1.64 bits per heavy atom. The van der Waals surface area contributed by atoms with Gasteiger partial charge in [0.2, 0.25) is 0 Å². The van der Waals surface area contributed by atoms with Gasteiger partial charge < -0.3 is 10.2 Å². The van der Waals surface area contributed by atoms with E-state index in [1.54, 1.807) is 7.05 Å². The van der Waals surface area contributed by atoms with Gasteiger partial charge in [0.1, 0.15) is 0 Å². The molecule has 0 atom stereocenters. The van der Waals surface area contributed by atoms with Crippen molar-refractivity contribution in [2.75, 3.05) is 13.6 Å². The number of hydrogen-bond donors (Lipinski definition) is 1. The van der Waals surface area contributed by atoms with Crippen LogP contribution in [0.25, 0.3) is 0 Å². The van der Waals surface area contributed by atoms with Crippen molar-refractivity contribution >= 4 is 6.03 Å². The molecule has 1 saturated carbocycles. The first-order valence-electron chi connectivity index (χ1n) is 4.28. The van der Waals surface area contributed by atoms with Gasteiger partial charge in [-0.15, -0.1) is 0 Å². The van der Waals surface area contributed by atoms with Crippen molar-refractivity contribution < 1.29 is 4.79 Å². The topological polar surface area (TPSA) is 32.3 Å². The van der Waals surface area contributed by atoms with Crippen LogP contribution in [0.4, 0.5) is 4.79 Å². The number of carbonyl (C=O) groups is 1. The smallest absolute Gasteiger partial charge is 0.317 e. The highest BCUT2D eigenvalue weighted by atomic mass is 16.2. The lowest BCUT2D eigenvalue weighted by atomic mass is 9.92. The standard InChI is InChI=1S/C8H16N2O/c1-3-10(8(11)9-2)7-5-4-6-7/h7H,3-6H2,1-2H3,(H,9,11). The van der Waals surface area contributed by atoms with E-state index in [9.17, 15) is 4.79 Å². The molecule has 1 aliphatic rings. The molecule has 0 bridgehead atoms. The van der Waals surface area contributed by atoms with E-state index >= 15 is 0 Å². The molecular formula is C8H16N2O. The summed E-state index contributed by atoms with van der Waals surface area (Å²) in [6.45, 7) is 2.85. The third kappa shape index (κ3) is 1.64. The molecular weight excluding hydrogens is 140 g/mol. The molecule has 0 spiro atoms. The maximum atomic E-state index is 11.2. The average Bonchev–Trinajstić information content (AvgIpc) is 1.94. The number of rotatable bonds is 2. The molecule has 3 nitrogen and oxygen atoms in total. The predicted octanol–water partition coefficient (Wildman–Crippen LogP) is 1.20. The summed E-state index contributed by atoms with van der Waals surface area (Å²) in [6, 6.07) is 0.581. The van der Waals surface area contributed by atoms with Crippen LogP contribution >= 0.6 is 0 Å². The SMILES string of the molecule is CCN(C(=O)NC)C1CCC1. The van der Waals surface area contributed by atoms with Gasteiger partial charge in [-0.05, 0) is 26.2 Å². The molecule has 11 heavy (non-hydrogen) atoms. The average molecular weight is 156 g/mol. The number of carbonyl (C=O) groups excluding carboxylic acids is 1. The van der Waals surface area contributed by atoms with Gasteiger partial charge in [-0.2, -0.15) is 0 Å². The molecule has 2 amide bonds. The van der Waals surface area contributed by atoms with Crippen molar-refractivity contribution in [3.05, 3.63) is 0 Å². The highest BCUT2D eigenvalue weighted by Crippen LogP contribution is 2.24. The lowest BCUT2D eigenvalue weighted by Crippen LogP contribution is -2.47. The van der Waals surface area contributed by atoms with Crippen molar-refractivity contribution in [2.24, 2.45) is 0 Å². The molecule has 0 unspecified atom stereocenters. The van der Waals surface area contributed by atoms with Gasteiger partial charge in [0.05, 0.1) is 0 Å². The first kappa shape index (κ1) is 8.37. The van der Waals surface area contributed by atoms with Crippen LogP contribution in [0.1, 0.15) is 26.2 Å². The third-order valence-electron chi connectivity index (χ3n) is 2.33. The van der Waals surface area contributed by atoms with Crippen LogP contribution in [0, 0.1) is 0 Å². The highest BCUT2D eigenvalue weighted by Gasteiger charge is 2.26. The monoisotopic (exact) mass is 156 g/mol. The zero-order valence-corrected chi connectivity index (χ0v) is 7.26. The van der Waals surface area contributed by atoms with E-state index in [1.165, 1.54) is 19.3 Å². The van der Waals surface area contributed by atoms with E-state index in [2.05, 4.69) is 5.32 Å². The Kier molecular flexibility index (Phi) is 2.74. The van der Waals surface area contributed by atoms with Crippen LogP contribution in [0.5, 0.6) is 0 Å². The molecule has 64 valence electrons. The fourth-order valence-corrected chi connectivity index (χ4v) is 1.41. The molecule has 0 saturated heterocycles. The summed E-state index contributed by atoms with van der Waals surface area (Å²) in [5.74, 6) is 0. The Hall–Kier alpha value is -0.730. The Morgan fingerprint density at radius 2 is 2.27 bits per heavy atom. The van der Waals surface area contributed by atoms with Crippen molar-refractivity contribution in [2.45, 2.75) is 32.2 Å². The normalized spacial score (nSPS) is 17.3. The van der Waals surface area contributed by atoms with Crippen LogP contribution in [-0.2, 0) is 0 Å². The van der Waals surface area contributed by atoms with Gasteiger partial charge in [0.15, 0.2) is 0 Å². The zero-order chi connectivity index (χ0) is 8.27. The number of amides is 2. The molecule has 0 radical (unpaired) electrons. The third-order valence-corrected chi connectivity index (χ3v) is 2.33. The Labute approximate surface area is 67.8 Å². The quantitative estimate of drug-likeness (QED) is 0.640. The summed E-state index contributed by atoms with van der Waals surface area (Å²) in [5, 5.41) is 2.65. The van der Waals surface area contributed by atoms with E-state index in [1.807, 2.05) is 11.8 Å². The van der Waals surface area contributed by atoms with E-state index in [-0.39, 0.29) is 6.03 Å². The molecule has 0 aromatic heterocycles. The maximum Gasteiger partial charge on any atom is 0.317 e. The number of hydrogen-bond acceptors (Lipinski definition) is 1. The Bertz CT molecular complexity index is 143. The molecule has 0 aromatic rings. The van der Waals surface area contributed by atoms with Crippen molar-refractivity contribution in [3.63, 3.8) is 0 Å². The van der Waals surface area contributed by atoms with E-state index in [4.69, 9.17) is 0 Å². The second-order valence-corrected chi connectivity index (χ2v) is 2.93. The summed E-state index contributed by atoms with van der Waals surface area (Å²) in [6.07, 6.45) is 3.64. The molecule has 0 aliphatic heterocycles. The van der Waals surface area contributed by atoms with Gasteiger partial charge in [-0.1, -0.05) is 0 Å². The summed E-state index contributed by atoms with van der Waals surface area (Å²) < 4.78 is 0. The highest BCUT2D eigenvalue weighted by molar-refractivity contribution is 5.74. The summed E-state index contributed by atoms with van der Waals surface area (Å²) in [4.78, 5) is 13.1. The van der Waals surface area contributed by atoms with Crippen LogP contribution in [-0.4, -0.2) is 30.6 Å². The van der Waals surface area contributed by atoms with Gasteiger partial charge in [-0.3, -0.25) is 0 Å². The van der Waals surface area contributed by atoms with Crippen LogP contribution in [0.3, 0.4) is 0 Å². The zero-order valence-electron chi connectivity index (χ0n) is 7.26. The number of nitrogens with zero attached hydrogens (tertiary/aromatic N) is 1. The lowest BCUT2D eigenvalue weighted by Gasteiger charge is -2.36. The largest absolute Gasteiger partial charge is 0.341 e. The first-order valence-corrected chi connectivity index (χ1v) is 4.28. The summed E-state index contributed by atoms with van der Waals surface area (Å²) in [5.41, 5.74) is 0. The minimum Gasteiger partial charge on any atom is -0.341 e. The molecule has 1 aliphatic carbocycles. The number of urea groups is 1. The van der Waals surface area contributed by atoms with Gasteiger partial charge in [-0.25, -0.2) is 4.79 Å². The lowest BCUT2D eigenvalue weighted by molar-refractivity contribution is 0.144. The predicted molar refractivity (Wildman–Crippen MR) is 44.5 cm³/mol. The minimum atomic E-state index is 0.0669. The van der Waals surface area contributed by atoms with Gasteiger partial charge in [0.25, 0.3) is 0 Å². The maximum absolute atomic E-state index is 11.2. The Balaban J connectivity index is 2.40. The van der Waals surface area contributed by atoms with Crippen LogP contribution < -0.4 is 5.32 Å². The molecule has 0 heterocycles. The molecule has 1 rings (SSSR count). The molecule has 1 N–H and O–H groups in total. The van der Waals surface area contributed by atoms with E-state index in [0.717, 1.165) is 6.54 Å². The fourth-order valence-electron chi connectivity index (χ4n) is 1.41. The molecule has 1 fully saturated rings. The van der Waals surface area contributed by atoms with E-state index < -0.39 is 0 Å². The Morgan fingerprint density at radius 3 is 2.55 bits per heavy atom. The van der Waals surface area contributed by atoms with Gasteiger partial charge in [0, 0.05) is 19.6 Å². The summed E-state index contributed by atoms with van der Waals surface area (Å²) in [7, 11) is 1.68. The minimum absolute atomic E-state index is 0.0669. The molecule has 0 aromatic carbocycles. The van der Waals surface area contributed by atoms with Gasteiger partial charge >= 0.3 is 6.03 Å².